The molecule has 0 fully saturated rings. The third-order valence-corrected chi connectivity index (χ3v) is 3.27. The highest BCUT2D eigenvalue weighted by Crippen LogP contribution is 2.14. The molecule has 0 spiro atoms. The van der Waals surface area contributed by atoms with E-state index in [1.165, 1.54) is 26.0 Å². The number of nitrogen functional groups attached to an aromatic ring is 1. The summed E-state index contributed by atoms with van der Waals surface area (Å²) in [5.41, 5.74) is 7.55. The van der Waals surface area contributed by atoms with Gasteiger partial charge in [0.25, 0.3) is 5.91 Å². The summed E-state index contributed by atoms with van der Waals surface area (Å²) < 4.78 is 5.14. The summed E-state index contributed by atoms with van der Waals surface area (Å²) in [7, 11) is 0. The van der Waals surface area contributed by atoms with Gasteiger partial charge in [-0.3, -0.25) is 9.59 Å². The van der Waals surface area contributed by atoms with Crippen molar-refractivity contribution in [1.82, 2.24) is 0 Å². The van der Waals surface area contributed by atoms with Crippen molar-refractivity contribution in [3.63, 3.8) is 0 Å². The standard InChI is InChI=1S/C18H19N3O4/c1-11(25-18(24)13-3-5-14(19)6-4-13)17(23)21-16-9-7-15(8-10-16)20-12(2)22/h3-11H,19H2,1-2H3,(H,20,22)(H,21,23). The lowest BCUT2D eigenvalue weighted by molar-refractivity contribution is -0.123. The molecular formula is C18H19N3O4. The van der Waals surface area contributed by atoms with Crippen molar-refractivity contribution < 1.29 is 19.1 Å². The summed E-state index contributed by atoms with van der Waals surface area (Å²) >= 11 is 0. The van der Waals surface area contributed by atoms with Gasteiger partial charge in [0.1, 0.15) is 0 Å². The monoisotopic (exact) mass is 341 g/mol. The van der Waals surface area contributed by atoms with E-state index in [0.717, 1.165) is 0 Å². The lowest BCUT2D eigenvalue weighted by Gasteiger charge is -2.14. The van der Waals surface area contributed by atoms with Gasteiger partial charge in [-0.2, -0.15) is 0 Å². The number of carbonyl (C=O) groups is 3. The number of amides is 2. The highest BCUT2D eigenvalue weighted by molar-refractivity contribution is 5.97. The first-order valence-corrected chi connectivity index (χ1v) is 7.60. The van der Waals surface area contributed by atoms with Gasteiger partial charge in [0.2, 0.25) is 5.91 Å². The fourth-order valence-corrected chi connectivity index (χ4v) is 1.99. The Bertz CT molecular complexity index is 770. The van der Waals surface area contributed by atoms with Crippen molar-refractivity contribution in [2.45, 2.75) is 20.0 Å². The highest BCUT2D eigenvalue weighted by Gasteiger charge is 2.19. The van der Waals surface area contributed by atoms with Crippen LogP contribution in [0.2, 0.25) is 0 Å². The number of benzene rings is 2. The largest absolute Gasteiger partial charge is 0.449 e. The number of nitrogens with two attached hydrogens (primary N) is 1. The quantitative estimate of drug-likeness (QED) is 0.571. The molecular weight excluding hydrogens is 322 g/mol. The van der Waals surface area contributed by atoms with Gasteiger partial charge in [0, 0.05) is 24.0 Å². The zero-order valence-corrected chi connectivity index (χ0v) is 13.9. The molecule has 1 unspecified atom stereocenters. The molecule has 2 amide bonds. The Hall–Kier alpha value is -3.35. The van der Waals surface area contributed by atoms with E-state index in [1.54, 1.807) is 36.4 Å². The summed E-state index contributed by atoms with van der Waals surface area (Å²) in [4.78, 5) is 35.1. The molecule has 25 heavy (non-hydrogen) atoms. The van der Waals surface area contributed by atoms with Crippen LogP contribution in [0.4, 0.5) is 17.1 Å². The lowest BCUT2D eigenvalue weighted by atomic mass is 10.2. The van der Waals surface area contributed by atoms with Crippen LogP contribution in [0.5, 0.6) is 0 Å². The van der Waals surface area contributed by atoms with E-state index in [9.17, 15) is 14.4 Å². The molecule has 1 atom stereocenters. The Morgan fingerprint density at radius 2 is 1.44 bits per heavy atom. The van der Waals surface area contributed by atoms with Crippen LogP contribution in [0.1, 0.15) is 24.2 Å². The molecule has 2 aromatic rings. The van der Waals surface area contributed by atoms with Gasteiger partial charge in [-0.05, 0) is 55.5 Å². The van der Waals surface area contributed by atoms with Gasteiger partial charge in [-0.1, -0.05) is 0 Å². The zero-order chi connectivity index (χ0) is 18.4. The summed E-state index contributed by atoms with van der Waals surface area (Å²) in [5, 5.41) is 5.27. The van der Waals surface area contributed by atoms with Crippen molar-refractivity contribution >= 4 is 34.8 Å². The molecule has 0 bridgehead atoms. The second-order valence-corrected chi connectivity index (χ2v) is 5.42. The number of carbonyl (C=O) groups excluding carboxylic acids is 3. The molecule has 130 valence electrons. The number of rotatable bonds is 5. The number of nitrogens with one attached hydrogen (secondary N) is 2. The molecule has 7 nitrogen and oxygen atoms in total. The summed E-state index contributed by atoms with van der Waals surface area (Å²) in [6, 6.07) is 12.8. The number of esters is 1. The molecule has 2 rings (SSSR count). The molecule has 0 radical (unpaired) electrons. The minimum absolute atomic E-state index is 0.181. The first kappa shape index (κ1) is 18.0. The molecule has 0 saturated heterocycles. The maximum atomic E-state index is 12.1. The fourth-order valence-electron chi connectivity index (χ4n) is 1.99. The first-order valence-electron chi connectivity index (χ1n) is 7.60. The number of anilines is 3. The van der Waals surface area contributed by atoms with E-state index in [0.29, 0.717) is 22.6 Å². The summed E-state index contributed by atoms with van der Waals surface area (Å²) in [6.45, 7) is 2.89. The average molecular weight is 341 g/mol. The van der Waals surface area contributed by atoms with Gasteiger partial charge in [0.15, 0.2) is 6.10 Å². The average Bonchev–Trinajstić information content (AvgIpc) is 2.56. The number of hydrogen-bond acceptors (Lipinski definition) is 5. The van der Waals surface area contributed by atoms with Crippen molar-refractivity contribution in [1.29, 1.82) is 0 Å². The molecule has 0 heterocycles. The fraction of sp³-hybridized carbons (Fsp3) is 0.167. The van der Waals surface area contributed by atoms with Crippen molar-refractivity contribution in [2.24, 2.45) is 0 Å². The minimum atomic E-state index is -0.972. The summed E-state index contributed by atoms with van der Waals surface area (Å²) in [5.74, 6) is -1.25. The maximum absolute atomic E-state index is 12.1. The molecule has 0 aliphatic heterocycles. The van der Waals surface area contributed by atoms with Crippen molar-refractivity contribution in [3.8, 4) is 0 Å². The molecule has 0 aliphatic rings. The van der Waals surface area contributed by atoms with E-state index >= 15 is 0 Å². The van der Waals surface area contributed by atoms with Gasteiger partial charge in [-0.25, -0.2) is 4.79 Å². The second-order valence-electron chi connectivity index (χ2n) is 5.42. The first-order chi connectivity index (χ1) is 11.8. The predicted octanol–water partition coefficient (Wildman–Crippen LogP) is 2.41. The number of ether oxygens (including phenoxy) is 1. The van der Waals surface area contributed by atoms with Gasteiger partial charge >= 0.3 is 5.97 Å². The topological polar surface area (TPSA) is 111 Å². The van der Waals surface area contributed by atoms with Crippen LogP contribution in [-0.2, 0) is 14.3 Å². The Labute approximate surface area is 145 Å². The third kappa shape index (κ3) is 5.35. The zero-order valence-electron chi connectivity index (χ0n) is 13.9. The van der Waals surface area contributed by atoms with Crippen LogP contribution < -0.4 is 16.4 Å². The van der Waals surface area contributed by atoms with Crippen LogP contribution in [0.25, 0.3) is 0 Å². The minimum Gasteiger partial charge on any atom is -0.449 e. The van der Waals surface area contributed by atoms with E-state index in [4.69, 9.17) is 10.5 Å². The highest BCUT2D eigenvalue weighted by atomic mass is 16.5. The SMILES string of the molecule is CC(=O)Nc1ccc(NC(=O)C(C)OC(=O)c2ccc(N)cc2)cc1. The lowest BCUT2D eigenvalue weighted by Crippen LogP contribution is -2.30. The van der Waals surface area contributed by atoms with E-state index in [-0.39, 0.29) is 5.91 Å². The Balaban J connectivity index is 1.92. The summed E-state index contributed by atoms with van der Waals surface area (Å²) in [6.07, 6.45) is -0.972. The molecule has 0 aliphatic carbocycles. The molecule has 0 saturated carbocycles. The molecule has 7 heteroatoms. The third-order valence-electron chi connectivity index (χ3n) is 3.27. The molecule has 0 aromatic heterocycles. The maximum Gasteiger partial charge on any atom is 0.338 e. The second kappa shape index (κ2) is 7.96. The van der Waals surface area contributed by atoms with E-state index < -0.39 is 18.0 Å². The van der Waals surface area contributed by atoms with Crippen LogP contribution in [0.15, 0.2) is 48.5 Å². The Kier molecular flexibility index (Phi) is 5.73. The van der Waals surface area contributed by atoms with E-state index in [2.05, 4.69) is 10.6 Å². The van der Waals surface area contributed by atoms with Gasteiger partial charge in [0.05, 0.1) is 5.56 Å². The van der Waals surface area contributed by atoms with Crippen molar-refractivity contribution in [2.75, 3.05) is 16.4 Å². The van der Waals surface area contributed by atoms with Gasteiger partial charge < -0.3 is 21.1 Å². The molecule has 4 N–H and O–H groups in total. The smallest absolute Gasteiger partial charge is 0.338 e. The Morgan fingerprint density at radius 3 is 1.96 bits per heavy atom. The van der Waals surface area contributed by atoms with Crippen molar-refractivity contribution in [3.05, 3.63) is 54.1 Å². The van der Waals surface area contributed by atoms with Crippen LogP contribution in [0.3, 0.4) is 0 Å². The predicted molar refractivity (Wildman–Crippen MR) is 95.1 cm³/mol. The number of hydrogen-bond donors (Lipinski definition) is 3. The van der Waals surface area contributed by atoms with Crippen LogP contribution in [0, 0.1) is 0 Å². The van der Waals surface area contributed by atoms with Gasteiger partial charge in [-0.15, -0.1) is 0 Å². The molecule has 2 aromatic carbocycles. The Morgan fingerprint density at radius 1 is 0.920 bits per heavy atom. The van der Waals surface area contributed by atoms with E-state index in [1.807, 2.05) is 0 Å². The normalized spacial score (nSPS) is 11.3. The van der Waals surface area contributed by atoms with Crippen LogP contribution in [-0.4, -0.2) is 23.9 Å². The van der Waals surface area contributed by atoms with Crippen LogP contribution >= 0.6 is 0 Å².